The topological polar surface area (TPSA) is 0 Å². The molecule has 1 aliphatic rings. The Balaban J connectivity index is 1.59. The Kier molecular flexibility index (Phi) is 5.88. The first-order valence-corrected chi connectivity index (χ1v) is 10.0. The van der Waals surface area contributed by atoms with Crippen LogP contribution in [0.5, 0.6) is 0 Å². The molecule has 0 nitrogen and oxygen atoms in total. The molecule has 1 aromatic heterocycles. The number of halogens is 1. The van der Waals surface area contributed by atoms with Gasteiger partial charge in [0.2, 0.25) is 0 Å². The number of rotatable bonds is 6. The zero-order valence-corrected chi connectivity index (χ0v) is 14.9. The van der Waals surface area contributed by atoms with Gasteiger partial charge in [0, 0.05) is 5.56 Å². The van der Waals surface area contributed by atoms with E-state index >= 15 is 0 Å². The lowest BCUT2D eigenvalue weighted by molar-refractivity contribution is 0.302. The molecular weight excluding hydrogens is 303 g/mol. The molecule has 1 fully saturated rings. The number of hydrogen-bond donors (Lipinski definition) is 0. The molecular formula is C21H27FS. The predicted molar refractivity (Wildman–Crippen MR) is 98.6 cm³/mol. The van der Waals surface area contributed by atoms with Crippen LogP contribution in [0.25, 0.3) is 11.1 Å². The first-order chi connectivity index (χ1) is 11.3. The summed E-state index contributed by atoms with van der Waals surface area (Å²) in [6, 6.07) is 7.90. The summed E-state index contributed by atoms with van der Waals surface area (Å²) in [4.78, 5) is 0. The summed E-state index contributed by atoms with van der Waals surface area (Å²) in [6.07, 6.45) is 10.6. The molecule has 124 valence electrons. The summed E-state index contributed by atoms with van der Waals surface area (Å²) in [5, 5.41) is 4.02. The van der Waals surface area contributed by atoms with Gasteiger partial charge in [0.25, 0.3) is 0 Å². The van der Waals surface area contributed by atoms with Gasteiger partial charge in [-0.2, -0.15) is 11.3 Å². The van der Waals surface area contributed by atoms with Crippen molar-refractivity contribution in [2.45, 2.75) is 64.2 Å². The minimum Gasteiger partial charge on any atom is -0.206 e. The van der Waals surface area contributed by atoms with Crippen molar-refractivity contribution >= 4 is 11.3 Å². The highest BCUT2D eigenvalue weighted by Crippen LogP contribution is 2.39. The molecule has 0 spiro atoms. The molecule has 2 heteroatoms. The van der Waals surface area contributed by atoms with E-state index in [0.29, 0.717) is 5.92 Å². The monoisotopic (exact) mass is 330 g/mol. The van der Waals surface area contributed by atoms with Crippen molar-refractivity contribution in [3.63, 3.8) is 0 Å². The molecule has 0 radical (unpaired) electrons. The fraction of sp³-hybridized carbons (Fsp3) is 0.524. The van der Waals surface area contributed by atoms with Crippen LogP contribution in [0.4, 0.5) is 4.39 Å². The number of thiophene rings is 1. The Bertz CT molecular complexity index is 594. The van der Waals surface area contributed by atoms with Gasteiger partial charge >= 0.3 is 0 Å². The van der Waals surface area contributed by atoms with E-state index in [1.54, 1.807) is 17.4 Å². The standard InChI is InChI=1S/C21H27FS/c1-2-3-4-5-16-6-8-17(9-7-16)18-10-11-20(21(22)14-18)19-12-13-23-15-19/h10-17H,2-9H2,1H3. The summed E-state index contributed by atoms with van der Waals surface area (Å²) < 4.78 is 14.5. The molecule has 3 rings (SSSR count). The smallest absolute Gasteiger partial charge is 0.131 e. The fourth-order valence-corrected chi connectivity index (χ4v) is 4.56. The summed E-state index contributed by atoms with van der Waals surface area (Å²) in [6.45, 7) is 2.27. The molecule has 1 aliphatic carbocycles. The highest BCUT2D eigenvalue weighted by Gasteiger charge is 2.22. The highest BCUT2D eigenvalue weighted by atomic mass is 32.1. The molecule has 0 saturated heterocycles. The molecule has 0 N–H and O–H groups in total. The molecule has 0 unspecified atom stereocenters. The maximum atomic E-state index is 14.5. The first-order valence-electron chi connectivity index (χ1n) is 9.10. The molecule has 23 heavy (non-hydrogen) atoms. The van der Waals surface area contributed by atoms with E-state index in [0.717, 1.165) is 17.0 Å². The Morgan fingerprint density at radius 1 is 1.09 bits per heavy atom. The second-order valence-electron chi connectivity index (χ2n) is 6.96. The minimum absolute atomic E-state index is 0.0639. The quantitative estimate of drug-likeness (QED) is 0.484. The average molecular weight is 331 g/mol. The van der Waals surface area contributed by atoms with E-state index in [-0.39, 0.29) is 5.82 Å². The van der Waals surface area contributed by atoms with Crippen molar-refractivity contribution < 1.29 is 4.39 Å². The van der Waals surface area contributed by atoms with Crippen LogP contribution < -0.4 is 0 Å². The third-order valence-electron chi connectivity index (χ3n) is 5.36. The fourth-order valence-electron chi connectivity index (χ4n) is 3.90. The molecule has 2 aromatic rings. The molecule has 1 heterocycles. The van der Waals surface area contributed by atoms with Gasteiger partial charge in [0.05, 0.1) is 0 Å². The van der Waals surface area contributed by atoms with Crippen LogP contribution in [0.15, 0.2) is 35.0 Å². The van der Waals surface area contributed by atoms with E-state index in [9.17, 15) is 4.39 Å². The Morgan fingerprint density at radius 3 is 2.57 bits per heavy atom. The van der Waals surface area contributed by atoms with Gasteiger partial charge in [-0.3, -0.25) is 0 Å². The second kappa shape index (κ2) is 8.10. The minimum atomic E-state index is -0.0639. The van der Waals surface area contributed by atoms with Crippen LogP contribution >= 0.6 is 11.3 Å². The molecule has 1 aromatic carbocycles. The SMILES string of the molecule is CCCCCC1CCC(c2ccc(-c3ccsc3)c(F)c2)CC1. The van der Waals surface area contributed by atoms with Crippen LogP contribution in [0.3, 0.4) is 0 Å². The summed E-state index contributed by atoms with van der Waals surface area (Å²) in [7, 11) is 0. The summed E-state index contributed by atoms with van der Waals surface area (Å²) in [5.74, 6) is 1.40. The molecule has 0 aliphatic heterocycles. The van der Waals surface area contributed by atoms with Crippen molar-refractivity contribution in [3.05, 3.63) is 46.4 Å². The Hall–Kier alpha value is -1.15. The largest absolute Gasteiger partial charge is 0.206 e. The van der Waals surface area contributed by atoms with Crippen molar-refractivity contribution in [1.82, 2.24) is 0 Å². The predicted octanol–water partition coefficient (Wildman–Crippen LogP) is 7.41. The van der Waals surface area contributed by atoms with Crippen LogP contribution in [0.2, 0.25) is 0 Å². The van der Waals surface area contributed by atoms with E-state index in [1.807, 2.05) is 22.9 Å². The number of hydrogen-bond acceptors (Lipinski definition) is 1. The molecule has 0 bridgehead atoms. The highest BCUT2D eigenvalue weighted by molar-refractivity contribution is 7.08. The van der Waals surface area contributed by atoms with Crippen LogP contribution in [-0.4, -0.2) is 0 Å². The van der Waals surface area contributed by atoms with Gasteiger partial charge in [-0.05, 0) is 71.5 Å². The molecule has 1 saturated carbocycles. The van der Waals surface area contributed by atoms with Crippen LogP contribution in [0.1, 0.15) is 69.8 Å². The van der Waals surface area contributed by atoms with Crippen molar-refractivity contribution in [1.29, 1.82) is 0 Å². The lowest BCUT2D eigenvalue weighted by atomic mass is 9.77. The van der Waals surface area contributed by atoms with E-state index < -0.39 is 0 Å². The molecule has 0 amide bonds. The number of unbranched alkanes of at least 4 members (excludes halogenated alkanes) is 2. The lowest BCUT2D eigenvalue weighted by Gasteiger charge is -2.29. The third kappa shape index (κ3) is 4.23. The maximum Gasteiger partial charge on any atom is 0.131 e. The Labute approximate surface area is 143 Å². The number of benzene rings is 1. The van der Waals surface area contributed by atoms with Crippen molar-refractivity contribution in [2.75, 3.05) is 0 Å². The lowest BCUT2D eigenvalue weighted by Crippen LogP contribution is -2.13. The van der Waals surface area contributed by atoms with Gasteiger partial charge < -0.3 is 0 Å². The van der Waals surface area contributed by atoms with Crippen LogP contribution in [-0.2, 0) is 0 Å². The summed E-state index contributed by atoms with van der Waals surface area (Å²) >= 11 is 1.62. The van der Waals surface area contributed by atoms with Gasteiger partial charge in [0.1, 0.15) is 5.82 Å². The first kappa shape index (κ1) is 16.7. The van der Waals surface area contributed by atoms with Crippen molar-refractivity contribution in [3.8, 4) is 11.1 Å². The normalized spacial score (nSPS) is 21.5. The molecule has 0 atom stereocenters. The van der Waals surface area contributed by atoms with Gasteiger partial charge in [-0.1, -0.05) is 44.7 Å². The van der Waals surface area contributed by atoms with Crippen LogP contribution in [0, 0.1) is 11.7 Å². The van der Waals surface area contributed by atoms with Gasteiger partial charge in [0.15, 0.2) is 0 Å². The average Bonchev–Trinajstić information content (AvgIpc) is 3.10. The maximum absolute atomic E-state index is 14.5. The Morgan fingerprint density at radius 2 is 1.91 bits per heavy atom. The van der Waals surface area contributed by atoms with Gasteiger partial charge in [-0.15, -0.1) is 0 Å². The van der Waals surface area contributed by atoms with E-state index in [4.69, 9.17) is 0 Å². The third-order valence-corrected chi connectivity index (χ3v) is 6.04. The van der Waals surface area contributed by atoms with E-state index in [1.165, 1.54) is 56.9 Å². The zero-order chi connectivity index (χ0) is 16.1. The van der Waals surface area contributed by atoms with Gasteiger partial charge in [-0.25, -0.2) is 4.39 Å². The zero-order valence-electron chi connectivity index (χ0n) is 14.1. The second-order valence-corrected chi connectivity index (χ2v) is 7.74. The van der Waals surface area contributed by atoms with Crippen molar-refractivity contribution in [2.24, 2.45) is 5.92 Å². The van der Waals surface area contributed by atoms with E-state index in [2.05, 4.69) is 13.0 Å². The summed E-state index contributed by atoms with van der Waals surface area (Å²) in [5.41, 5.74) is 2.94.